The number of hydrogen-bond acceptors (Lipinski definition) is 2. The maximum absolute atomic E-state index is 10.9. The molecule has 2 aromatic rings. The lowest BCUT2D eigenvalue weighted by Gasteiger charge is -2.06. The Morgan fingerprint density at radius 1 is 1.29 bits per heavy atom. The number of carboxylic acid groups (broad SMARTS) is 1. The van der Waals surface area contributed by atoms with E-state index in [2.05, 4.69) is 5.10 Å². The molecule has 86 valence electrons. The average Bonchev–Trinajstić information content (AvgIpc) is 3.00. The highest BCUT2D eigenvalue weighted by molar-refractivity contribution is 5.75. The van der Waals surface area contributed by atoms with Crippen molar-refractivity contribution in [3.05, 3.63) is 48.3 Å². The van der Waals surface area contributed by atoms with E-state index in [1.807, 2.05) is 41.1 Å². The Morgan fingerprint density at radius 3 is 2.71 bits per heavy atom. The Bertz CT molecular complexity index is 548. The van der Waals surface area contributed by atoms with Gasteiger partial charge in [0.1, 0.15) is 0 Å². The predicted molar refractivity (Wildman–Crippen MR) is 62.0 cm³/mol. The van der Waals surface area contributed by atoms with Crippen molar-refractivity contribution in [2.45, 2.75) is 12.3 Å². The van der Waals surface area contributed by atoms with Gasteiger partial charge in [0.25, 0.3) is 0 Å². The van der Waals surface area contributed by atoms with E-state index in [-0.39, 0.29) is 11.8 Å². The zero-order valence-electron chi connectivity index (χ0n) is 9.15. The van der Waals surface area contributed by atoms with Gasteiger partial charge in [-0.1, -0.05) is 18.2 Å². The Balaban J connectivity index is 1.94. The first-order chi connectivity index (χ1) is 8.27. The van der Waals surface area contributed by atoms with E-state index in [9.17, 15) is 4.79 Å². The maximum atomic E-state index is 10.9. The summed E-state index contributed by atoms with van der Waals surface area (Å²) in [5.74, 6) is -0.847. The predicted octanol–water partition coefficient (Wildman–Crippen LogP) is 2.06. The Morgan fingerprint density at radius 2 is 2.06 bits per heavy atom. The average molecular weight is 228 g/mol. The summed E-state index contributed by atoms with van der Waals surface area (Å²) in [7, 11) is 0. The molecule has 1 aliphatic carbocycles. The van der Waals surface area contributed by atoms with E-state index in [0.29, 0.717) is 6.42 Å². The molecule has 4 heteroatoms. The first-order valence-corrected chi connectivity index (χ1v) is 5.59. The van der Waals surface area contributed by atoms with Crippen molar-refractivity contribution in [2.24, 2.45) is 5.92 Å². The molecule has 1 fully saturated rings. The molecule has 1 aromatic heterocycles. The standard InChI is InChI=1S/C13H12N2O2/c16-13(17)11-8-10(11)12-6-7-14-15(12)9-4-2-1-3-5-9/h1-7,10-11H,8H2,(H,16,17)/t10-,11+/m0/s1. The number of rotatable bonds is 3. The summed E-state index contributed by atoms with van der Waals surface area (Å²) in [6.45, 7) is 0. The van der Waals surface area contributed by atoms with Gasteiger partial charge in [-0.05, 0) is 24.6 Å². The third-order valence-electron chi connectivity index (χ3n) is 3.16. The maximum Gasteiger partial charge on any atom is 0.307 e. The SMILES string of the molecule is O=C(O)[C@@H]1C[C@@H]1c1ccnn1-c1ccccc1. The molecule has 1 N–H and O–H groups in total. The van der Waals surface area contributed by atoms with Crippen molar-refractivity contribution < 1.29 is 9.90 Å². The smallest absolute Gasteiger partial charge is 0.307 e. The van der Waals surface area contributed by atoms with Gasteiger partial charge in [0.15, 0.2) is 0 Å². The van der Waals surface area contributed by atoms with E-state index in [1.54, 1.807) is 6.20 Å². The largest absolute Gasteiger partial charge is 0.481 e. The molecule has 0 aliphatic heterocycles. The summed E-state index contributed by atoms with van der Waals surface area (Å²) < 4.78 is 1.83. The third-order valence-corrected chi connectivity index (χ3v) is 3.16. The van der Waals surface area contributed by atoms with Crippen LogP contribution >= 0.6 is 0 Å². The van der Waals surface area contributed by atoms with E-state index >= 15 is 0 Å². The summed E-state index contributed by atoms with van der Waals surface area (Å²) in [6, 6.07) is 11.7. The van der Waals surface area contributed by atoms with Crippen LogP contribution in [0.5, 0.6) is 0 Å². The molecule has 17 heavy (non-hydrogen) atoms. The number of carboxylic acids is 1. The molecule has 0 bridgehead atoms. The second kappa shape index (κ2) is 3.73. The Hall–Kier alpha value is -2.10. The summed E-state index contributed by atoms with van der Waals surface area (Å²) >= 11 is 0. The molecular formula is C13H12N2O2. The third kappa shape index (κ3) is 1.71. The van der Waals surface area contributed by atoms with Crippen molar-refractivity contribution in [1.29, 1.82) is 0 Å². The number of aliphatic carboxylic acids is 1. The number of benzene rings is 1. The molecular weight excluding hydrogens is 216 g/mol. The number of hydrogen-bond donors (Lipinski definition) is 1. The monoisotopic (exact) mass is 228 g/mol. The molecule has 0 radical (unpaired) electrons. The summed E-state index contributed by atoms with van der Waals surface area (Å²) in [6.07, 6.45) is 2.44. The zero-order valence-corrected chi connectivity index (χ0v) is 9.15. The topological polar surface area (TPSA) is 55.1 Å². The van der Waals surface area contributed by atoms with Crippen LogP contribution in [0.4, 0.5) is 0 Å². The molecule has 1 aliphatic rings. The molecule has 0 unspecified atom stereocenters. The van der Waals surface area contributed by atoms with Crippen molar-refractivity contribution in [3.8, 4) is 5.69 Å². The van der Waals surface area contributed by atoms with Gasteiger partial charge in [0.2, 0.25) is 0 Å². The molecule has 1 saturated carbocycles. The van der Waals surface area contributed by atoms with Crippen LogP contribution in [0.2, 0.25) is 0 Å². The fourth-order valence-electron chi connectivity index (χ4n) is 2.17. The van der Waals surface area contributed by atoms with Crippen LogP contribution in [0, 0.1) is 5.92 Å². The van der Waals surface area contributed by atoms with Crippen LogP contribution < -0.4 is 0 Å². The normalized spacial score (nSPS) is 22.4. The number of nitrogens with zero attached hydrogens (tertiary/aromatic N) is 2. The highest BCUT2D eigenvalue weighted by Crippen LogP contribution is 2.47. The van der Waals surface area contributed by atoms with Crippen LogP contribution in [-0.2, 0) is 4.79 Å². The molecule has 2 atom stereocenters. The number of aromatic nitrogens is 2. The van der Waals surface area contributed by atoms with Crippen molar-refractivity contribution >= 4 is 5.97 Å². The van der Waals surface area contributed by atoms with Gasteiger partial charge in [-0.3, -0.25) is 4.79 Å². The van der Waals surface area contributed by atoms with Crippen molar-refractivity contribution in [2.75, 3.05) is 0 Å². The lowest BCUT2D eigenvalue weighted by atomic mass is 10.2. The molecule has 0 spiro atoms. The van der Waals surface area contributed by atoms with Gasteiger partial charge >= 0.3 is 5.97 Å². The lowest BCUT2D eigenvalue weighted by molar-refractivity contribution is -0.138. The molecule has 0 amide bonds. The molecule has 3 rings (SSSR count). The minimum atomic E-state index is -0.712. The van der Waals surface area contributed by atoms with Crippen LogP contribution in [-0.4, -0.2) is 20.9 Å². The molecule has 1 aromatic carbocycles. The van der Waals surface area contributed by atoms with Gasteiger partial charge in [-0.2, -0.15) is 5.10 Å². The van der Waals surface area contributed by atoms with Gasteiger partial charge < -0.3 is 5.11 Å². The first kappa shape index (κ1) is 10.1. The Kier molecular flexibility index (Phi) is 2.21. The van der Waals surface area contributed by atoms with Crippen molar-refractivity contribution in [1.82, 2.24) is 9.78 Å². The minimum absolute atomic E-state index is 0.107. The fourth-order valence-corrected chi connectivity index (χ4v) is 2.17. The summed E-state index contributed by atoms with van der Waals surface area (Å²) in [4.78, 5) is 10.9. The minimum Gasteiger partial charge on any atom is -0.481 e. The van der Waals surface area contributed by atoms with E-state index in [1.165, 1.54) is 0 Å². The fraction of sp³-hybridized carbons (Fsp3) is 0.231. The Labute approximate surface area is 98.5 Å². The van der Waals surface area contributed by atoms with Gasteiger partial charge in [0, 0.05) is 17.8 Å². The molecule has 1 heterocycles. The van der Waals surface area contributed by atoms with Gasteiger partial charge in [-0.15, -0.1) is 0 Å². The first-order valence-electron chi connectivity index (χ1n) is 5.59. The van der Waals surface area contributed by atoms with Crippen LogP contribution in [0.3, 0.4) is 0 Å². The molecule has 4 nitrogen and oxygen atoms in total. The summed E-state index contributed by atoms with van der Waals surface area (Å²) in [5.41, 5.74) is 1.96. The van der Waals surface area contributed by atoms with Gasteiger partial charge in [0.05, 0.1) is 11.6 Å². The number of carbonyl (C=O) groups is 1. The van der Waals surface area contributed by atoms with Crippen LogP contribution in [0.15, 0.2) is 42.6 Å². The summed E-state index contributed by atoms with van der Waals surface area (Å²) in [5, 5.41) is 13.2. The highest BCUT2D eigenvalue weighted by atomic mass is 16.4. The van der Waals surface area contributed by atoms with E-state index < -0.39 is 5.97 Å². The lowest BCUT2D eigenvalue weighted by Crippen LogP contribution is -2.04. The van der Waals surface area contributed by atoms with E-state index in [0.717, 1.165) is 11.4 Å². The number of para-hydroxylation sites is 1. The molecule has 0 saturated heterocycles. The highest BCUT2D eigenvalue weighted by Gasteiger charge is 2.46. The zero-order chi connectivity index (χ0) is 11.8. The van der Waals surface area contributed by atoms with Crippen LogP contribution in [0.25, 0.3) is 5.69 Å². The van der Waals surface area contributed by atoms with Gasteiger partial charge in [-0.25, -0.2) is 4.68 Å². The van der Waals surface area contributed by atoms with Crippen molar-refractivity contribution in [3.63, 3.8) is 0 Å². The second-order valence-corrected chi connectivity index (χ2v) is 4.29. The second-order valence-electron chi connectivity index (χ2n) is 4.29. The van der Waals surface area contributed by atoms with E-state index in [4.69, 9.17) is 5.11 Å². The quantitative estimate of drug-likeness (QED) is 0.874. The van der Waals surface area contributed by atoms with Crippen LogP contribution in [0.1, 0.15) is 18.0 Å².